The molecule has 0 bridgehead atoms. The molecule has 5 nitrogen and oxygen atoms in total. The number of anilines is 1. The highest BCUT2D eigenvalue weighted by atomic mass is 16.5. The predicted octanol–water partition coefficient (Wildman–Crippen LogP) is 0.774. The van der Waals surface area contributed by atoms with Gasteiger partial charge in [-0.25, -0.2) is 4.98 Å². The molecule has 0 radical (unpaired) electrons. The van der Waals surface area contributed by atoms with E-state index in [4.69, 9.17) is 4.74 Å². The average molecular weight is 223 g/mol. The van der Waals surface area contributed by atoms with Gasteiger partial charge in [0.1, 0.15) is 5.82 Å². The smallest absolute Gasteiger partial charge is 0.252 e. The van der Waals surface area contributed by atoms with Gasteiger partial charge >= 0.3 is 0 Å². The van der Waals surface area contributed by atoms with E-state index in [1.165, 1.54) is 12.4 Å². The van der Waals surface area contributed by atoms with Crippen LogP contribution in [0.25, 0.3) is 0 Å². The molecule has 1 saturated heterocycles. The highest BCUT2D eigenvalue weighted by Crippen LogP contribution is 2.23. The van der Waals surface area contributed by atoms with E-state index >= 15 is 0 Å². The molecule has 2 heterocycles. The average Bonchev–Trinajstić information content (AvgIpc) is 2.14. The van der Waals surface area contributed by atoms with Crippen LogP contribution in [0, 0.1) is 0 Å². The van der Waals surface area contributed by atoms with Crippen LogP contribution in [0.5, 0.6) is 0 Å². The minimum Gasteiger partial charge on any atom is -0.369 e. The summed E-state index contributed by atoms with van der Waals surface area (Å²) >= 11 is 0. The van der Waals surface area contributed by atoms with Crippen molar-refractivity contribution in [1.82, 2.24) is 9.97 Å². The second-order valence-electron chi connectivity index (χ2n) is 4.84. The number of hydrogen-bond donors (Lipinski definition) is 1. The molecule has 0 aromatic carbocycles. The normalized spacial score (nSPS) is 24.4. The van der Waals surface area contributed by atoms with E-state index in [-0.39, 0.29) is 17.3 Å². The summed E-state index contributed by atoms with van der Waals surface area (Å²) in [6.45, 7) is 7.63. The van der Waals surface area contributed by atoms with Gasteiger partial charge in [-0.1, -0.05) is 0 Å². The van der Waals surface area contributed by atoms with Crippen molar-refractivity contribution < 1.29 is 4.74 Å². The van der Waals surface area contributed by atoms with Crippen molar-refractivity contribution in [2.45, 2.75) is 32.5 Å². The van der Waals surface area contributed by atoms with Gasteiger partial charge in [0.05, 0.1) is 18.0 Å². The van der Waals surface area contributed by atoms with Gasteiger partial charge in [-0.05, 0) is 20.8 Å². The molecule has 1 fully saturated rings. The van der Waals surface area contributed by atoms with Crippen LogP contribution in [0.4, 0.5) is 5.82 Å². The van der Waals surface area contributed by atoms with Crippen LogP contribution in [-0.2, 0) is 4.74 Å². The number of nitrogens with zero attached hydrogens (tertiary/aromatic N) is 2. The minimum absolute atomic E-state index is 0.123. The van der Waals surface area contributed by atoms with Crippen LogP contribution >= 0.6 is 0 Å². The third-order valence-corrected chi connectivity index (χ3v) is 2.56. The summed E-state index contributed by atoms with van der Waals surface area (Å²) in [7, 11) is 0. The van der Waals surface area contributed by atoms with Crippen molar-refractivity contribution >= 4 is 5.82 Å². The third kappa shape index (κ3) is 2.41. The fraction of sp³-hybridized carbons (Fsp3) is 0.636. The summed E-state index contributed by atoms with van der Waals surface area (Å²) in [6.07, 6.45) is 1.58. The zero-order valence-electron chi connectivity index (χ0n) is 9.86. The second kappa shape index (κ2) is 3.90. The van der Waals surface area contributed by atoms with Gasteiger partial charge in [0.15, 0.2) is 0 Å². The topological polar surface area (TPSA) is 58.2 Å². The Bertz CT molecular complexity index is 427. The van der Waals surface area contributed by atoms with E-state index < -0.39 is 0 Å². The summed E-state index contributed by atoms with van der Waals surface area (Å²) in [5.41, 5.74) is -0.330. The monoisotopic (exact) mass is 223 g/mol. The van der Waals surface area contributed by atoms with E-state index in [0.29, 0.717) is 5.82 Å². The number of rotatable bonds is 1. The molecule has 0 aliphatic carbocycles. The molecule has 1 aromatic rings. The number of ether oxygens (including phenoxy) is 1. The Hall–Kier alpha value is -1.36. The van der Waals surface area contributed by atoms with Gasteiger partial charge in [-0.3, -0.25) is 4.79 Å². The van der Waals surface area contributed by atoms with E-state index in [1.54, 1.807) is 0 Å². The second-order valence-corrected chi connectivity index (χ2v) is 4.84. The number of morpholine rings is 1. The van der Waals surface area contributed by atoms with Crippen molar-refractivity contribution in [1.29, 1.82) is 0 Å². The number of hydrogen-bond acceptors (Lipinski definition) is 4. The molecule has 0 amide bonds. The molecular weight excluding hydrogens is 206 g/mol. The minimum atomic E-state index is -0.206. The van der Waals surface area contributed by atoms with Crippen LogP contribution < -0.4 is 10.5 Å². The molecule has 1 aliphatic rings. The molecule has 16 heavy (non-hydrogen) atoms. The van der Waals surface area contributed by atoms with E-state index in [9.17, 15) is 4.79 Å². The molecule has 2 rings (SSSR count). The van der Waals surface area contributed by atoms with Crippen molar-refractivity contribution in [3.8, 4) is 0 Å². The van der Waals surface area contributed by atoms with Crippen molar-refractivity contribution in [3.05, 3.63) is 22.7 Å². The lowest BCUT2D eigenvalue weighted by atomic mass is 10.1. The summed E-state index contributed by atoms with van der Waals surface area (Å²) in [6, 6.07) is 1.52. The molecule has 0 saturated carbocycles. The van der Waals surface area contributed by atoms with Gasteiger partial charge < -0.3 is 14.6 Å². The van der Waals surface area contributed by atoms with E-state index in [2.05, 4.69) is 14.9 Å². The molecule has 1 aromatic heterocycles. The standard InChI is InChI=1S/C11H17N3O2/c1-8-5-14(6-11(2,3)16-8)9-4-10(15)13-7-12-9/h4,7-8H,5-6H2,1-3H3,(H,12,13,15). The van der Waals surface area contributed by atoms with Crippen molar-refractivity contribution in [2.24, 2.45) is 0 Å². The molecule has 1 N–H and O–H groups in total. The van der Waals surface area contributed by atoms with Gasteiger partial charge in [0.25, 0.3) is 5.56 Å². The number of H-pyrrole nitrogens is 1. The fourth-order valence-electron chi connectivity index (χ4n) is 2.16. The fourth-order valence-corrected chi connectivity index (χ4v) is 2.16. The molecule has 1 unspecified atom stereocenters. The lowest BCUT2D eigenvalue weighted by Gasteiger charge is -2.42. The van der Waals surface area contributed by atoms with Crippen LogP contribution in [-0.4, -0.2) is 34.8 Å². The highest BCUT2D eigenvalue weighted by molar-refractivity contribution is 5.37. The largest absolute Gasteiger partial charge is 0.369 e. The summed E-state index contributed by atoms with van der Waals surface area (Å²) in [5, 5.41) is 0. The summed E-state index contributed by atoms with van der Waals surface area (Å²) in [5.74, 6) is 0.715. The molecule has 88 valence electrons. The first kappa shape index (κ1) is 11.1. The van der Waals surface area contributed by atoms with Gasteiger partial charge in [-0.15, -0.1) is 0 Å². The Balaban J connectivity index is 2.24. The van der Waals surface area contributed by atoms with Crippen LogP contribution in [0.3, 0.4) is 0 Å². The Kier molecular flexibility index (Phi) is 2.71. The summed E-state index contributed by atoms with van der Waals surface area (Å²) < 4.78 is 5.80. The molecule has 0 spiro atoms. The number of aromatic nitrogens is 2. The highest BCUT2D eigenvalue weighted by Gasteiger charge is 2.31. The lowest BCUT2D eigenvalue weighted by molar-refractivity contribution is -0.0751. The first-order valence-corrected chi connectivity index (χ1v) is 5.44. The Labute approximate surface area is 94.5 Å². The van der Waals surface area contributed by atoms with E-state index in [0.717, 1.165) is 13.1 Å². The number of nitrogens with one attached hydrogen (secondary N) is 1. The first-order chi connectivity index (χ1) is 7.46. The number of aromatic amines is 1. The Morgan fingerprint density at radius 3 is 3.00 bits per heavy atom. The lowest BCUT2D eigenvalue weighted by Crippen LogP contribution is -2.52. The predicted molar refractivity (Wildman–Crippen MR) is 61.7 cm³/mol. The maximum Gasteiger partial charge on any atom is 0.252 e. The quantitative estimate of drug-likeness (QED) is 0.764. The molecular formula is C11H17N3O2. The molecule has 1 aliphatic heterocycles. The van der Waals surface area contributed by atoms with Crippen LogP contribution in [0.1, 0.15) is 20.8 Å². The summed E-state index contributed by atoms with van der Waals surface area (Å²) in [4.78, 5) is 20.0. The van der Waals surface area contributed by atoms with Crippen LogP contribution in [0.2, 0.25) is 0 Å². The zero-order chi connectivity index (χ0) is 11.8. The molecule has 1 atom stereocenters. The van der Waals surface area contributed by atoms with Crippen LogP contribution in [0.15, 0.2) is 17.2 Å². The maximum absolute atomic E-state index is 11.2. The Morgan fingerprint density at radius 1 is 1.62 bits per heavy atom. The van der Waals surface area contributed by atoms with Gasteiger partial charge in [0, 0.05) is 19.2 Å². The Morgan fingerprint density at radius 2 is 2.38 bits per heavy atom. The first-order valence-electron chi connectivity index (χ1n) is 5.44. The van der Waals surface area contributed by atoms with Crippen molar-refractivity contribution in [3.63, 3.8) is 0 Å². The van der Waals surface area contributed by atoms with Crippen molar-refractivity contribution in [2.75, 3.05) is 18.0 Å². The van der Waals surface area contributed by atoms with Gasteiger partial charge in [-0.2, -0.15) is 0 Å². The third-order valence-electron chi connectivity index (χ3n) is 2.56. The SMILES string of the molecule is CC1CN(c2cc(=O)[nH]cn2)CC(C)(C)O1. The van der Waals surface area contributed by atoms with Gasteiger partial charge in [0.2, 0.25) is 0 Å². The van der Waals surface area contributed by atoms with E-state index in [1.807, 2.05) is 20.8 Å². The maximum atomic E-state index is 11.2. The molecule has 5 heteroatoms. The zero-order valence-corrected chi connectivity index (χ0v) is 9.86.